The largest absolute Gasteiger partial charge is 0.508 e. The third-order valence-corrected chi connectivity index (χ3v) is 11.3. The number of aryl methyl sites for hydroxylation is 2. The van der Waals surface area contributed by atoms with Crippen molar-refractivity contribution in [2.24, 2.45) is 37.3 Å². The van der Waals surface area contributed by atoms with Gasteiger partial charge in [-0.25, -0.2) is 4.79 Å². The van der Waals surface area contributed by atoms with Crippen molar-refractivity contribution in [3.8, 4) is 5.75 Å². The van der Waals surface area contributed by atoms with Crippen LogP contribution in [0.1, 0.15) is 88.2 Å². The molecule has 41 heavy (non-hydrogen) atoms. The minimum atomic E-state index is -0.585. The Bertz CT molecular complexity index is 1440. The highest BCUT2D eigenvalue weighted by atomic mass is 16.3. The van der Waals surface area contributed by atoms with Gasteiger partial charge >= 0.3 is 5.69 Å². The molecular weight excluding hydrogens is 516 g/mol. The van der Waals surface area contributed by atoms with Crippen LogP contribution in [-0.2, 0) is 25.9 Å². The first-order valence-corrected chi connectivity index (χ1v) is 15.6. The van der Waals surface area contributed by atoms with E-state index in [2.05, 4.69) is 50.9 Å². The first-order valence-electron chi connectivity index (χ1n) is 15.6. The molecule has 1 saturated heterocycles. The highest BCUT2D eigenvalue weighted by Gasteiger charge is 2.68. The number of hydrogen-bond donors (Lipinski definition) is 2. The van der Waals surface area contributed by atoms with E-state index in [1.165, 1.54) is 41.8 Å². The number of carbonyl (C=O) groups is 1. The Morgan fingerprint density at radius 1 is 1.17 bits per heavy atom. The molecule has 1 amide bonds. The van der Waals surface area contributed by atoms with Gasteiger partial charge in [0.05, 0.1) is 0 Å². The molecule has 0 bridgehead atoms. The summed E-state index contributed by atoms with van der Waals surface area (Å²) in [6.45, 7) is 13.5. The van der Waals surface area contributed by atoms with Crippen LogP contribution in [0.2, 0.25) is 0 Å². The zero-order valence-corrected chi connectivity index (χ0v) is 25.9. The third-order valence-electron chi connectivity index (χ3n) is 11.3. The van der Waals surface area contributed by atoms with E-state index < -0.39 is 17.2 Å². The van der Waals surface area contributed by atoms with Gasteiger partial charge in [0, 0.05) is 44.3 Å². The van der Waals surface area contributed by atoms with E-state index in [9.17, 15) is 19.5 Å². The molecule has 3 fully saturated rings. The predicted octanol–water partition coefficient (Wildman–Crippen LogP) is 3.96. The molecule has 0 radical (unpaired) electrons. The number of aromatic hydroxyl groups is 1. The summed E-state index contributed by atoms with van der Waals surface area (Å²) in [5.74, 6) is 1.05. The van der Waals surface area contributed by atoms with Crippen molar-refractivity contribution in [1.29, 1.82) is 0 Å². The second kappa shape index (κ2) is 10.8. The molecular formula is C33H48N4O4. The molecule has 2 saturated carbocycles. The molecule has 5 unspecified atom stereocenters. The highest BCUT2D eigenvalue weighted by molar-refractivity contribution is 5.93. The number of aromatic nitrogens is 2. The average Bonchev–Trinajstić information content (AvgIpc) is 3.72. The number of nitrogens with one attached hydrogen (secondary N) is 1. The van der Waals surface area contributed by atoms with Crippen LogP contribution in [-0.4, -0.2) is 50.2 Å². The zero-order chi connectivity index (χ0) is 29.9. The van der Waals surface area contributed by atoms with E-state index in [-0.39, 0.29) is 34.1 Å². The van der Waals surface area contributed by atoms with Crippen molar-refractivity contribution in [2.75, 3.05) is 13.1 Å². The summed E-state index contributed by atoms with van der Waals surface area (Å²) in [6.07, 6.45) is 7.88. The number of carbonyl (C=O) groups excluding carboxylic acids is 1. The number of fused-ring (bicyclic) bond motifs is 1. The van der Waals surface area contributed by atoms with Crippen LogP contribution in [0.5, 0.6) is 5.75 Å². The average molecular weight is 565 g/mol. The Morgan fingerprint density at radius 3 is 2.51 bits per heavy atom. The maximum absolute atomic E-state index is 13.6. The standard InChI is InChI=1S/C33H48N4O4/c1-8-24-12-13-25(38)16-27(24)33-14-15-37(18-23-10-11-23)22(5)32(33,9-2)17-20(3)28(33)21(4)34-29(39)26-19-35(6)31(41)36(7)30(26)40/h12-13,16,19-23,28,38H,8-11,14-15,17-18H2,1-7H3,(H,34,39)/t20-,21?,22?,28?,32?,33?/m0/s1. The maximum Gasteiger partial charge on any atom is 0.330 e. The molecule has 5 rings (SSSR count). The van der Waals surface area contributed by atoms with Crippen LogP contribution >= 0.6 is 0 Å². The van der Waals surface area contributed by atoms with Gasteiger partial charge in [-0.1, -0.05) is 26.8 Å². The van der Waals surface area contributed by atoms with Crippen LogP contribution in [0.4, 0.5) is 0 Å². The topological polar surface area (TPSA) is 96.6 Å². The lowest BCUT2D eigenvalue weighted by Crippen LogP contribution is -2.64. The van der Waals surface area contributed by atoms with E-state index in [0.717, 1.165) is 49.3 Å². The van der Waals surface area contributed by atoms with Gasteiger partial charge in [0.2, 0.25) is 0 Å². The number of hydrogen-bond acceptors (Lipinski definition) is 5. The van der Waals surface area contributed by atoms with Gasteiger partial charge in [0.25, 0.3) is 11.5 Å². The minimum Gasteiger partial charge on any atom is -0.508 e. The fourth-order valence-electron chi connectivity index (χ4n) is 9.29. The summed E-state index contributed by atoms with van der Waals surface area (Å²) in [6, 6.07) is 6.02. The highest BCUT2D eigenvalue weighted by Crippen LogP contribution is 2.68. The Balaban J connectivity index is 1.62. The lowest BCUT2D eigenvalue weighted by molar-refractivity contribution is -0.0545. The number of likely N-dealkylation sites (tertiary alicyclic amines) is 1. The summed E-state index contributed by atoms with van der Waals surface area (Å²) >= 11 is 0. The van der Waals surface area contributed by atoms with Gasteiger partial charge in [-0.15, -0.1) is 0 Å². The molecule has 3 aliphatic rings. The molecule has 2 heterocycles. The van der Waals surface area contributed by atoms with Crippen LogP contribution in [0.15, 0.2) is 34.0 Å². The van der Waals surface area contributed by atoms with Crippen molar-refractivity contribution in [1.82, 2.24) is 19.4 Å². The van der Waals surface area contributed by atoms with Gasteiger partial charge in [-0.05, 0) is 105 Å². The first-order chi connectivity index (χ1) is 19.4. The van der Waals surface area contributed by atoms with Gasteiger partial charge < -0.3 is 15.0 Å². The number of amides is 1. The predicted molar refractivity (Wildman–Crippen MR) is 161 cm³/mol. The zero-order valence-electron chi connectivity index (χ0n) is 25.9. The Labute approximate surface area is 243 Å². The second-order valence-corrected chi connectivity index (χ2v) is 13.3. The van der Waals surface area contributed by atoms with E-state index >= 15 is 0 Å². The lowest BCUT2D eigenvalue weighted by atomic mass is 9.50. The summed E-state index contributed by atoms with van der Waals surface area (Å²) in [5, 5.41) is 14.1. The van der Waals surface area contributed by atoms with E-state index in [1.54, 1.807) is 13.1 Å². The molecule has 1 aromatic carbocycles. The van der Waals surface area contributed by atoms with Crippen LogP contribution in [0, 0.1) is 23.2 Å². The summed E-state index contributed by atoms with van der Waals surface area (Å²) in [4.78, 5) is 41.5. The van der Waals surface area contributed by atoms with Crippen molar-refractivity contribution in [2.45, 2.75) is 90.6 Å². The summed E-state index contributed by atoms with van der Waals surface area (Å²) in [7, 11) is 2.95. The Kier molecular flexibility index (Phi) is 7.77. The number of phenols is 1. The number of piperidine rings is 1. The number of nitrogens with zero attached hydrogens (tertiary/aromatic N) is 3. The smallest absolute Gasteiger partial charge is 0.330 e. The molecule has 0 spiro atoms. The van der Waals surface area contributed by atoms with Crippen molar-refractivity contribution in [3.05, 3.63) is 61.9 Å². The molecule has 1 aromatic heterocycles. The van der Waals surface area contributed by atoms with Gasteiger partial charge in [0.1, 0.15) is 11.3 Å². The molecule has 8 heteroatoms. The summed E-state index contributed by atoms with van der Waals surface area (Å²) < 4.78 is 2.26. The number of phenolic OH excluding ortho intramolecular Hbond substituents is 1. The van der Waals surface area contributed by atoms with Gasteiger partial charge in [0.15, 0.2) is 0 Å². The lowest BCUT2D eigenvalue weighted by Gasteiger charge is -2.60. The maximum atomic E-state index is 13.6. The van der Waals surface area contributed by atoms with Crippen molar-refractivity contribution < 1.29 is 9.90 Å². The van der Waals surface area contributed by atoms with E-state index in [0.29, 0.717) is 12.0 Å². The first kappa shape index (κ1) is 29.6. The quantitative estimate of drug-likeness (QED) is 0.506. The fraction of sp³-hybridized carbons (Fsp3) is 0.667. The van der Waals surface area contributed by atoms with Gasteiger partial charge in [-0.3, -0.25) is 19.1 Å². The Hall–Kier alpha value is -2.87. The second-order valence-electron chi connectivity index (χ2n) is 13.3. The van der Waals surface area contributed by atoms with Crippen molar-refractivity contribution >= 4 is 5.91 Å². The van der Waals surface area contributed by atoms with Crippen LogP contribution < -0.4 is 16.6 Å². The molecule has 2 aromatic rings. The fourth-order valence-corrected chi connectivity index (χ4v) is 9.29. The van der Waals surface area contributed by atoms with E-state index in [1.807, 2.05) is 6.07 Å². The van der Waals surface area contributed by atoms with E-state index in [4.69, 9.17) is 0 Å². The summed E-state index contributed by atoms with van der Waals surface area (Å²) in [5.41, 5.74) is 1.12. The van der Waals surface area contributed by atoms with Gasteiger partial charge in [-0.2, -0.15) is 0 Å². The molecule has 224 valence electrons. The molecule has 6 atom stereocenters. The molecule has 2 N–H and O–H groups in total. The molecule has 1 aliphatic heterocycles. The third kappa shape index (κ3) is 4.57. The van der Waals surface area contributed by atoms with Crippen LogP contribution in [0.25, 0.3) is 0 Å². The molecule has 2 aliphatic carbocycles. The molecule has 8 nitrogen and oxygen atoms in total. The Morgan fingerprint density at radius 2 is 1.88 bits per heavy atom. The van der Waals surface area contributed by atoms with Crippen molar-refractivity contribution in [3.63, 3.8) is 0 Å². The number of rotatable bonds is 8. The van der Waals surface area contributed by atoms with Crippen LogP contribution in [0.3, 0.4) is 0 Å². The normalized spacial score (nSPS) is 30.7. The monoisotopic (exact) mass is 564 g/mol. The number of benzene rings is 1. The minimum absolute atomic E-state index is 0.0258. The SMILES string of the molecule is CCc1ccc(O)cc1C12CCN(CC3CC3)C(C)C1(CC)C[C@H](C)C2C(C)NC(=O)c1cn(C)c(=O)n(C)c1=O.